The quantitative estimate of drug-likeness (QED) is 0.691. The van der Waals surface area contributed by atoms with Gasteiger partial charge in [0.2, 0.25) is 0 Å². The van der Waals surface area contributed by atoms with E-state index in [-0.39, 0.29) is 0 Å². The van der Waals surface area contributed by atoms with Crippen LogP contribution in [-0.2, 0) is 6.54 Å². The fraction of sp³-hybridized carbons (Fsp3) is 0.0714. The number of anilines is 1. The standard InChI is InChI=1S/C14H12BrN3O/c15-11-1-4-14(19)10(5-11)7-16-12-2-3-13-9(6-12)8-17-18-13/h1-6,8,16,19H,7H2,(H,17,18). The number of phenols is 1. The van der Waals surface area contributed by atoms with E-state index in [0.717, 1.165) is 26.6 Å². The molecule has 0 aliphatic heterocycles. The van der Waals surface area contributed by atoms with Gasteiger partial charge in [-0.1, -0.05) is 15.9 Å². The first-order valence-electron chi connectivity index (χ1n) is 5.87. The number of benzene rings is 2. The number of halogens is 1. The van der Waals surface area contributed by atoms with Crippen molar-refractivity contribution < 1.29 is 5.11 Å². The second-order valence-electron chi connectivity index (χ2n) is 4.30. The molecule has 3 aromatic rings. The number of rotatable bonds is 3. The molecular weight excluding hydrogens is 306 g/mol. The van der Waals surface area contributed by atoms with Crippen molar-refractivity contribution in [3.8, 4) is 5.75 Å². The van der Waals surface area contributed by atoms with Gasteiger partial charge >= 0.3 is 0 Å². The number of hydrogen-bond acceptors (Lipinski definition) is 3. The lowest BCUT2D eigenvalue weighted by molar-refractivity contribution is 0.469. The Kier molecular flexibility index (Phi) is 3.13. The average Bonchev–Trinajstić information content (AvgIpc) is 2.87. The van der Waals surface area contributed by atoms with Gasteiger partial charge in [0.25, 0.3) is 0 Å². The number of aromatic hydroxyl groups is 1. The molecule has 0 bridgehead atoms. The van der Waals surface area contributed by atoms with Gasteiger partial charge in [-0.2, -0.15) is 5.10 Å². The molecule has 0 aliphatic carbocycles. The molecule has 0 atom stereocenters. The van der Waals surface area contributed by atoms with Gasteiger partial charge in [0, 0.05) is 27.7 Å². The molecule has 0 unspecified atom stereocenters. The minimum Gasteiger partial charge on any atom is -0.508 e. The minimum atomic E-state index is 0.292. The Morgan fingerprint density at radius 2 is 2.11 bits per heavy atom. The molecule has 0 aliphatic rings. The summed E-state index contributed by atoms with van der Waals surface area (Å²) >= 11 is 3.40. The zero-order valence-corrected chi connectivity index (χ0v) is 11.6. The number of fused-ring (bicyclic) bond motifs is 1. The van der Waals surface area contributed by atoms with Crippen LogP contribution in [0.5, 0.6) is 5.75 Å². The summed E-state index contributed by atoms with van der Waals surface area (Å²) in [5.41, 5.74) is 2.85. The molecule has 0 saturated heterocycles. The fourth-order valence-corrected chi connectivity index (χ4v) is 2.35. The summed E-state index contributed by atoms with van der Waals surface area (Å²) < 4.78 is 0.951. The Bertz CT molecular complexity index is 724. The van der Waals surface area contributed by atoms with E-state index in [9.17, 15) is 5.11 Å². The zero-order valence-electron chi connectivity index (χ0n) is 10.0. The Labute approximate surface area is 118 Å². The molecule has 1 aromatic heterocycles. The maximum absolute atomic E-state index is 9.78. The Hall–Kier alpha value is -2.01. The summed E-state index contributed by atoms with van der Waals surface area (Å²) in [6.07, 6.45) is 1.79. The van der Waals surface area contributed by atoms with E-state index < -0.39 is 0 Å². The molecule has 0 fully saturated rings. The van der Waals surface area contributed by atoms with Crippen molar-refractivity contribution in [2.75, 3.05) is 5.32 Å². The van der Waals surface area contributed by atoms with Crippen LogP contribution in [0.1, 0.15) is 5.56 Å². The lowest BCUT2D eigenvalue weighted by Gasteiger charge is -2.08. The Morgan fingerprint density at radius 1 is 1.21 bits per heavy atom. The highest BCUT2D eigenvalue weighted by molar-refractivity contribution is 9.10. The highest BCUT2D eigenvalue weighted by Crippen LogP contribution is 2.23. The van der Waals surface area contributed by atoms with E-state index in [2.05, 4.69) is 31.4 Å². The predicted molar refractivity (Wildman–Crippen MR) is 79.2 cm³/mol. The van der Waals surface area contributed by atoms with Gasteiger partial charge in [-0.3, -0.25) is 5.10 Å². The van der Waals surface area contributed by atoms with E-state index in [1.807, 2.05) is 30.3 Å². The van der Waals surface area contributed by atoms with Crippen molar-refractivity contribution in [2.45, 2.75) is 6.54 Å². The molecule has 96 valence electrons. The normalized spacial score (nSPS) is 10.8. The average molecular weight is 318 g/mol. The second-order valence-corrected chi connectivity index (χ2v) is 5.21. The van der Waals surface area contributed by atoms with Gasteiger partial charge < -0.3 is 10.4 Å². The fourth-order valence-electron chi connectivity index (χ4n) is 1.95. The van der Waals surface area contributed by atoms with E-state index in [4.69, 9.17) is 0 Å². The topological polar surface area (TPSA) is 60.9 Å². The Balaban J connectivity index is 1.79. The number of nitrogens with one attached hydrogen (secondary N) is 2. The second kappa shape index (κ2) is 4.93. The van der Waals surface area contributed by atoms with Crippen molar-refractivity contribution in [1.82, 2.24) is 10.2 Å². The third-order valence-corrected chi connectivity index (χ3v) is 3.46. The van der Waals surface area contributed by atoms with Crippen LogP contribution in [0.3, 0.4) is 0 Å². The maximum Gasteiger partial charge on any atom is 0.120 e. The van der Waals surface area contributed by atoms with Gasteiger partial charge in [-0.05, 0) is 36.4 Å². The molecule has 5 heteroatoms. The van der Waals surface area contributed by atoms with Crippen molar-refractivity contribution in [3.05, 3.63) is 52.6 Å². The highest BCUT2D eigenvalue weighted by Gasteiger charge is 2.03. The summed E-state index contributed by atoms with van der Waals surface area (Å²) in [4.78, 5) is 0. The summed E-state index contributed by atoms with van der Waals surface area (Å²) in [6.45, 7) is 0.564. The predicted octanol–water partition coefficient (Wildman–Crippen LogP) is 3.64. The van der Waals surface area contributed by atoms with Crippen LogP contribution < -0.4 is 5.32 Å². The van der Waals surface area contributed by atoms with Crippen molar-refractivity contribution in [3.63, 3.8) is 0 Å². The summed E-state index contributed by atoms with van der Waals surface area (Å²) in [7, 11) is 0. The number of hydrogen-bond donors (Lipinski definition) is 3. The van der Waals surface area contributed by atoms with Gasteiger partial charge in [0.1, 0.15) is 5.75 Å². The third-order valence-electron chi connectivity index (χ3n) is 2.96. The van der Waals surface area contributed by atoms with E-state index >= 15 is 0 Å². The van der Waals surface area contributed by atoms with Gasteiger partial charge in [-0.15, -0.1) is 0 Å². The first-order valence-corrected chi connectivity index (χ1v) is 6.66. The highest BCUT2D eigenvalue weighted by atomic mass is 79.9. The first kappa shape index (κ1) is 12.0. The lowest BCUT2D eigenvalue weighted by Crippen LogP contribution is -1.99. The van der Waals surface area contributed by atoms with Crippen LogP contribution in [0.25, 0.3) is 10.9 Å². The largest absolute Gasteiger partial charge is 0.508 e. The molecule has 2 aromatic carbocycles. The molecule has 0 saturated carbocycles. The number of aromatic amines is 1. The summed E-state index contributed by atoms with van der Waals surface area (Å²) in [6, 6.07) is 11.4. The molecule has 0 spiro atoms. The molecule has 19 heavy (non-hydrogen) atoms. The number of nitrogens with zero attached hydrogens (tertiary/aromatic N) is 1. The third kappa shape index (κ3) is 2.56. The van der Waals surface area contributed by atoms with E-state index in [0.29, 0.717) is 12.3 Å². The number of aromatic nitrogens is 2. The maximum atomic E-state index is 9.78. The van der Waals surface area contributed by atoms with Crippen LogP contribution in [0.2, 0.25) is 0 Å². The number of phenolic OH excluding ortho intramolecular Hbond substituents is 1. The smallest absolute Gasteiger partial charge is 0.120 e. The van der Waals surface area contributed by atoms with Crippen LogP contribution in [0.4, 0.5) is 5.69 Å². The molecular formula is C14H12BrN3O. The van der Waals surface area contributed by atoms with Crippen LogP contribution in [-0.4, -0.2) is 15.3 Å². The van der Waals surface area contributed by atoms with Crippen LogP contribution in [0.15, 0.2) is 47.1 Å². The molecule has 4 nitrogen and oxygen atoms in total. The summed E-state index contributed by atoms with van der Waals surface area (Å²) in [5.74, 6) is 0.292. The van der Waals surface area contributed by atoms with E-state index in [1.165, 1.54) is 0 Å². The minimum absolute atomic E-state index is 0.292. The number of H-pyrrole nitrogens is 1. The van der Waals surface area contributed by atoms with Crippen LogP contribution in [0, 0.1) is 0 Å². The molecule has 3 rings (SSSR count). The Morgan fingerprint density at radius 3 is 3.00 bits per heavy atom. The molecule has 0 amide bonds. The lowest BCUT2D eigenvalue weighted by atomic mass is 10.2. The van der Waals surface area contributed by atoms with E-state index in [1.54, 1.807) is 12.3 Å². The van der Waals surface area contributed by atoms with Gasteiger partial charge in [0.15, 0.2) is 0 Å². The van der Waals surface area contributed by atoms with Gasteiger partial charge in [-0.25, -0.2) is 0 Å². The molecule has 3 N–H and O–H groups in total. The van der Waals surface area contributed by atoms with Crippen molar-refractivity contribution in [2.24, 2.45) is 0 Å². The first-order chi connectivity index (χ1) is 9.22. The van der Waals surface area contributed by atoms with Crippen LogP contribution >= 0.6 is 15.9 Å². The van der Waals surface area contributed by atoms with Crippen molar-refractivity contribution in [1.29, 1.82) is 0 Å². The monoisotopic (exact) mass is 317 g/mol. The summed E-state index contributed by atoms with van der Waals surface area (Å²) in [5, 5.41) is 21.0. The SMILES string of the molecule is Oc1ccc(Br)cc1CNc1ccc2[nH]ncc2c1. The zero-order chi connectivity index (χ0) is 13.2. The van der Waals surface area contributed by atoms with Crippen molar-refractivity contribution >= 4 is 32.5 Å². The molecule has 1 heterocycles. The van der Waals surface area contributed by atoms with Gasteiger partial charge in [0.05, 0.1) is 11.7 Å². The molecule has 0 radical (unpaired) electrons.